The second-order valence-corrected chi connectivity index (χ2v) is 5.86. The minimum atomic E-state index is 0.0578. The molecular formula is C15H25ClN2O. The Hall–Kier alpha value is -0.770. The minimum absolute atomic E-state index is 0.0578. The first kappa shape index (κ1) is 16.3. The average Bonchev–Trinajstić information content (AvgIpc) is 2.36. The van der Waals surface area contributed by atoms with Gasteiger partial charge in [-0.25, -0.2) is 0 Å². The molecule has 108 valence electrons. The van der Waals surface area contributed by atoms with Gasteiger partial charge in [0, 0.05) is 19.6 Å². The molecule has 1 aromatic carbocycles. The summed E-state index contributed by atoms with van der Waals surface area (Å²) < 4.78 is 0. The van der Waals surface area contributed by atoms with E-state index in [1.807, 2.05) is 31.0 Å². The topological polar surface area (TPSA) is 35.5 Å². The third kappa shape index (κ3) is 5.01. The Labute approximate surface area is 121 Å². The van der Waals surface area contributed by atoms with Crippen LogP contribution in [0.2, 0.25) is 5.02 Å². The van der Waals surface area contributed by atoms with Gasteiger partial charge in [-0.2, -0.15) is 0 Å². The highest BCUT2D eigenvalue weighted by molar-refractivity contribution is 6.33. The number of nitrogens with one attached hydrogen (secondary N) is 1. The van der Waals surface area contributed by atoms with E-state index in [1.54, 1.807) is 0 Å². The molecule has 0 amide bonds. The molecule has 0 aromatic heterocycles. The fourth-order valence-electron chi connectivity index (χ4n) is 1.81. The molecule has 19 heavy (non-hydrogen) atoms. The Bertz CT molecular complexity index is 396. The van der Waals surface area contributed by atoms with Crippen molar-refractivity contribution in [1.82, 2.24) is 5.32 Å². The SMILES string of the molecule is CC(C)CNCc1ccc(N(C)C(C)CO)c(Cl)c1. The fourth-order valence-corrected chi connectivity index (χ4v) is 2.15. The summed E-state index contributed by atoms with van der Waals surface area (Å²) in [6.45, 7) is 8.29. The number of benzene rings is 1. The van der Waals surface area contributed by atoms with Crippen LogP contribution >= 0.6 is 11.6 Å². The van der Waals surface area contributed by atoms with Gasteiger partial charge in [-0.3, -0.25) is 0 Å². The van der Waals surface area contributed by atoms with Crippen LogP contribution in [0.4, 0.5) is 5.69 Å². The molecule has 0 saturated carbocycles. The summed E-state index contributed by atoms with van der Waals surface area (Å²) in [6, 6.07) is 6.14. The summed E-state index contributed by atoms with van der Waals surface area (Å²) in [4.78, 5) is 1.99. The van der Waals surface area contributed by atoms with E-state index in [-0.39, 0.29) is 12.6 Å². The number of hydrogen-bond acceptors (Lipinski definition) is 3. The Morgan fingerprint density at radius 1 is 1.32 bits per heavy atom. The second-order valence-electron chi connectivity index (χ2n) is 5.45. The Kier molecular flexibility index (Phi) is 6.63. The van der Waals surface area contributed by atoms with Crippen molar-refractivity contribution in [1.29, 1.82) is 0 Å². The summed E-state index contributed by atoms with van der Waals surface area (Å²) in [5.74, 6) is 0.645. The molecule has 0 heterocycles. The van der Waals surface area contributed by atoms with Gasteiger partial charge in [0.2, 0.25) is 0 Å². The minimum Gasteiger partial charge on any atom is -0.394 e. The van der Waals surface area contributed by atoms with Gasteiger partial charge in [0.25, 0.3) is 0 Å². The maximum absolute atomic E-state index is 9.19. The Balaban J connectivity index is 2.69. The van der Waals surface area contributed by atoms with Crippen molar-refractivity contribution < 1.29 is 5.11 Å². The molecule has 0 aliphatic rings. The standard InChI is InChI=1S/C15H25ClN2O/c1-11(2)8-17-9-13-5-6-15(14(16)7-13)18(4)12(3)10-19/h5-7,11-12,17,19H,8-10H2,1-4H3. The quantitative estimate of drug-likeness (QED) is 0.808. The van der Waals surface area contributed by atoms with Crippen LogP contribution in [0, 0.1) is 5.92 Å². The zero-order valence-electron chi connectivity index (χ0n) is 12.3. The first-order valence-corrected chi connectivity index (χ1v) is 7.16. The highest BCUT2D eigenvalue weighted by atomic mass is 35.5. The van der Waals surface area contributed by atoms with Crippen LogP contribution in [-0.4, -0.2) is 31.3 Å². The van der Waals surface area contributed by atoms with Gasteiger partial charge in [-0.15, -0.1) is 0 Å². The Morgan fingerprint density at radius 2 is 2.00 bits per heavy atom. The lowest BCUT2D eigenvalue weighted by Crippen LogP contribution is -2.32. The second kappa shape index (κ2) is 7.73. The van der Waals surface area contributed by atoms with E-state index in [0.29, 0.717) is 5.92 Å². The lowest BCUT2D eigenvalue weighted by atomic mass is 10.1. The molecule has 1 atom stereocenters. The van der Waals surface area contributed by atoms with Crippen molar-refractivity contribution in [2.45, 2.75) is 33.4 Å². The lowest BCUT2D eigenvalue weighted by molar-refractivity contribution is 0.270. The van der Waals surface area contributed by atoms with Gasteiger partial charge in [-0.05, 0) is 37.1 Å². The van der Waals surface area contributed by atoms with Crippen molar-refractivity contribution >= 4 is 17.3 Å². The predicted molar refractivity (Wildman–Crippen MR) is 82.9 cm³/mol. The van der Waals surface area contributed by atoms with E-state index in [4.69, 9.17) is 11.6 Å². The smallest absolute Gasteiger partial charge is 0.0642 e. The molecule has 3 nitrogen and oxygen atoms in total. The molecule has 0 bridgehead atoms. The van der Waals surface area contributed by atoms with Gasteiger partial charge < -0.3 is 15.3 Å². The maximum Gasteiger partial charge on any atom is 0.0642 e. The molecule has 2 N–H and O–H groups in total. The van der Waals surface area contributed by atoms with Crippen LogP contribution in [0.1, 0.15) is 26.3 Å². The van der Waals surface area contributed by atoms with Crippen LogP contribution < -0.4 is 10.2 Å². The molecule has 0 spiro atoms. The van der Waals surface area contributed by atoms with Crippen molar-refractivity contribution in [3.63, 3.8) is 0 Å². The van der Waals surface area contributed by atoms with E-state index in [2.05, 4.69) is 25.2 Å². The zero-order chi connectivity index (χ0) is 14.4. The highest BCUT2D eigenvalue weighted by Gasteiger charge is 2.12. The van der Waals surface area contributed by atoms with E-state index in [0.717, 1.165) is 23.8 Å². The van der Waals surface area contributed by atoms with E-state index >= 15 is 0 Å². The monoisotopic (exact) mass is 284 g/mol. The van der Waals surface area contributed by atoms with Crippen LogP contribution in [0.5, 0.6) is 0 Å². The zero-order valence-corrected chi connectivity index (χ0v) is 13.0. The number of hydrogen-bond donors (Lipinski definition) is 2. The largest absolute Gasteiger partial charge is 0.394 e. The molecule has 1 aromatic rings. The summed E-state index contributed by atoms with van der Waals surface area (Å²) in [5.41, 5.74) is 2.13. The van der Waals surface area contributed by atoms with Crippen molar-refractivity contribution in [2.75, 3.05) is 25.1 Å². The number of nitrogens with zero attached hydrogens (tertiary/aromatic N) is 1. The van der Waals surface area contributed by atoms with E-state index in [1.165, 1.54) is 5.56 Å². The summed E-state index contributed by atoms with van der Waals surface area (Å²) in [6.07, 6.45) is 0. The summed E-state index contributed by atoms with van der Waals surface area (Å²) in [5, 5.41) is 13.3. The lowest BCUT2D eigenvalue weighted by Gasteiger charge is -2.26. The van der Waals surface area contributed by atoms with Crippen molar-refractivity contribution in [3.8, 4) is 0 Å². The van der Waals surface area contributed by atoms with Crippen LogP contribution in [-0.2, 0) is 6.54 Å². The van der Waals surface area contributed by atoms with Crippen LogP contribution in [0.3, 0.4) is 0 Å². The predicted octanol–water partition coefficient (Wildman–Crippen LogP) is 2.90. The number of likely N-dealkylation sites (N-methyl/N-ethyl adjacent to an activating group) is 1. The molecule has 0 aliphatic carbocycles. The molecule has 0 saturated heterocycles. The summed E-state index contributed by atoms with van der Waals surface area (Å²) in [7, 11) is 1.94. The van der Waals surface area contributed by atoms with Crippen LogP contribution in [0.15, 0.2) is 18.2 Å². The fraction of sp³-hybridized carbons (Fsp3) is 0.600. The van der Waals surface area contributed by atoms with Gasteiger partial charge in [0.15, 0.2) is 0 Å². The third-order valence-electron chi connectivity index (χ3n) is 3.20. The maximum atomic E-state index is 9.19. The first-order valence-electron chi connectivity index (χ1n) is 6.78. The van der Waals surface area contributed by atoms with Crippen molar-refractivity contribution in [3.05, 3.63) is 28.8 Å². The van der Waals surface area contributed by atoms with E-state index < -0.39 is 0 Å². The number of aliphatic hydroxyl groups is 1. The van der Waals surface area contributed by atoms with Gasteiger partial charge in [0.1, 0.15) is 0 Å². The molecule has 0 aliphatic heterocycles. The normalized spacial score (nSPS) is 12.8. The molecular weight excluding hydrogens is 260 g/mol. The first-order chi connectivity index (χ1) is 8.95. The molecule has 4 heteroatoms. The van der Waals surface area contributed by atoms with Gasteiger partial charge in [0.05, 0.1) is 17.3 Å². The molecule has 0 fully saturated rings. The molecule has 1 rings (SSSR count). The number of anilines is 1. The Morgan fingerprint density at radius 3 is 2.53 bits per heavy atom. The van der Waals surface area contributed by atoms with Gasteiger partial charge >= 0.3 is 0 Å². The van der Waals surface area contributed by atoms with E-state index in [9.17, 15) is 5.11 Å². The number of rotatable bonds is 7. The number of aliphatic hydroxyl groups excluding tert-OH is 1. The average molecular weight is 285 g/mol. The molecule has 0 radical (unpaired) electrons. The molecule has 1 unspecified atom stereocenters. The number of halogens is 1. The summed E-state index contributed by atoms with van der Waals surface area (Å²) >= 11 is 6.32. The third-order valence-corrected chi connectivity index (χ3v) is 3.50. The van der Waals surface area contributed by atoms with Gasteiger partial charge in [-0.1, -0.05) is 31.5 Å². The highest BCUT2D eigenvalue weighted by Crippen LogP contribution is 2.27. The van der Waals surface area contributed by atoms with Crippen molar-refractivity contribution in [2.24, 2.45) is 5.92 Å². The van der Waals surface area contributed by atoms with Crippen LogP contribution in [0.25, 0.3) is 0 Å².